The van der Waals surface area contributed by atoms with Gasteiger partial charge in [-0.05, 0) is 19.1 Å². The normalized spacial score (nSPS) is 11.4. The topological polar surface area (TPSA) is 57.8 Å². The molecule has 5 heteroatoms. The van der Waals surface area contributed by atoms with Crippen LogP contribution in [-0.2, 0) is 10.2 Å². The largest absolute Gasteiger partial charge is 0.308 e. The van der Waals surface area contributed by atoms with Gasteiger partial charge in [-0.2, -0.15) is 5.10 Å². The van der Waals surface area contributed by atoms with Crippen molar-refractivity contribution in [1.82, 2.24) is 10.2 Å². The number of hydrogen-bond donors (Lipinski definition) is 2. The van der Waals surface area contributed by atoms with Crippen LogP contribution in [0.3, 0.4) is 0 Å². The smallest absolute Gasteiger partial charge is 0.235 e. The van der Waals surface area contributed by atoms with Crippen molar-refractivity contribution in [2.45, 2.75) is 38.0 Å². The lowest BCUT2D eigenvalue weighted by molar-refractivity contribution is -0.113. The number of hydrogen-bond acceptors (Lipinski definition) is 3. The van der Waals surface area contributed by atoms with Gasteiger partial charge in [0.25, 0.3) is 0 Å². The van der Waals surface area contributed by atoms with E-state index in [2.05, 4.69) is 36.3 Å². The minimum Gasteiger partial charge on any atom is -0.308 e. The Morgan fingerprint density at radius 3 is 2.52 bits per heavy atom. The first kappa shape index (κ1) is 15.6. The van der Waals surface area contributed by atoms with Crippen LogP contribution in [0.15, 0.2) is 35.2 Å². The highest BCUT2D eigenvalue weighted by molar-refractivity contribution is 8.00. The average Bonchev–Trinajstić information content (AvgIpc) is 2.86. The summed E-state index contributed by atoms with van der Waals surface area (Å²) in [4.78, 5) is 13.0. The highest BCUT2D eigenvalue weighted by Crippen LogP contribution is 2.22. The van der Waals surface area contributed by atoms with Gasteiger partial charge in [0.2, 0.25) is 5.91 Å². The number of carbonyl (C=O) groups excluding carboxylic acids is 1. The monoisotopic (exact) mass is 303 g/mol. The summed E-state index contributed by atoms with van der Waals surface area (Å²) in [6, 6.07) is 10.0. The number of anilines is 1. The van der Waals surface area contributed by atoms with Gasteiger partial charge in [0, 0.05) is 22.1 Å². The molecule has 1 aromatic carbocycles. The Labute approximate surface area is 129 Å². The van der Waals surface area contributed by atoms with Crippen molar-refractivity contribution in [3.8, 4) is 0 Å². The fourth-order valence-electron chi connectivity index (χ4n) is 1.73. The molecule has 0 saturated heterocycles. The van der Waals surface area contributed by atoms with Crippen LogP contribution in [0, 0.1) is 6.92 Å². The van der Waals surface area contributed by atoms with Gasteiger partial charge in [0.1, 0.15) is 0 Å². The molecule has 0 aliphatic heterocycles. The number of thioether (sulfide) groups is 1. The predicted molar refractivity (Wildman–Crippen MR) is 87.8 cm³/mol. The Morgan fingerprint density at radius 1 is 1.29 bits per heavy atom. The lowest BCUT2D eigenvalue weighted by Gasteiger charge is -2.14. The maximum Gasteiger partial charge on any atom is 0.235 e. The van der Waals surface area contributed by atoms with Crippen molar-refractivity contribution >= 4 is 23.5 Å². The fraction of sp³-hybridized carbons (Fsp3) is 0.375. The van der Waals surface area contributed by atoms with Gasteiger partial charge < -0.3 is 5.32 Å². The number of amides is 1. The molecule has 2 rings (SSSR count). The van der Waals surface area contributed by atoms with Gasteiger partial charge in [0.15, 0.2) is 5.82 Å². The summed E-state index contributed by atoms with van der Waals surface area (Å²) in [5, 5.41) is 9.90. The molecular weight excluding hydrogens is 282 g/mol. The lowest BCUT2D eigenvalue weighted by Crippen LogP contribution is -2.14. The molecule has 0 spiro atoms. The second kappa shape index (κ2) is 6.35. The third kappa shape index (κ3) is 4.63. The maximum atomic E-state index is 11.9. The molecular formula is C16H21N3OS. The number of H-pyrrole nitrogens is 1. The number of nitrogens with one attached hydrogen (secondary N) is 2. The first-order valence-corrected chi connectivity index (χ1v) is 7.88. The molecule has 0 atom stereocenters. The molecule has 2 N–H and O–H groups in total. The molecule has 1 heterocycles. The Balaban J connectivity index is 1.87. The van der Waals surface area contributed by atoms with E-state index in [1.807, 2.05) is 37.3 Å². The van der Waals surface area contributed by atoms with Crippen molar-refractivity contribution in [2.24, 2.45) is 0 Å². The summed E-state index contributed by atoms with van der Waals surface area (Å²) in [6.07, 6.45) is 0. The zero-order valence-electron chi connectivity index (χ0n) is 12.9. The summed E-state index contributed by atoms with van der Waals surface area (Å²) >= 11 is 1.52. The van der Waals surface area contributed by atoms with E-state index in [1.165, 1.54) is 17.3 Å². The zero-order chi connectivity index (χ0) is 15.5. The molecule has 0 bridgehead atoms. The van der Waals surface area contributed by atoms with Crippen molar-refractivity contribution in [3.05, 3.63) is 41.6 Å². The maximum absolute atomic E-state index is 11.9. The van der Waals surface area contributed by atoms with Crippen molar-refractivity contribution < 1.29 is 4.79 Å². The Kier molecular flexibility index (Phi) is 4.73. The van der Waals surface area contributed by atoms with Crippen LogP contribution in [0.5, 0.6) is 0 Å². The predicted octanol–water partition coefficient (Wildman–Crippen LogP) is 3.75. The first-order valence-electron chi connectivity index (χ1n) is 6.90. The van der Waals surface area contributed by atoms with Crippen LogP contribution >= 0.6 is 11.8 Å². The first-order chi connectivity index (χ1) is 9.84. The molecule has 2 aromatic rings. The molecule has 1 amide bonds. The number of rotatable bonds is 4. The highest BCUT2D eigenvalue weighted by atomic mass is 32.2. The summed E-state index contributed by atoms with van der Waals surface area (Å²) in [6.45, 7) is 8.34. The lowest BCUT2D eigenvalue weighted by atomic mass is 9.92. The number of benzene rings is 1. The van der Waals surface area contributed by atoms with E-state index in [9.17, 15) is 4.79 Å². The molecule has 4 nitrogen and oxygen atoms in total. The molecule has 21 heavy (non-hydrogen) atoms. The minimum atomic E-state index is -0.0486. The number of aryl methyl sites for hydroxylation is 1. The molecule has 1 aromatic heterocycles. The Bertz CT molecular complexity index is 611. The summed E-state index contributed by atoms with van der Waals surface area (Å²) < 4.78 is 0. The van der Waals surface area contributed by atoms with E-state index in [0.29, 0.717) is 11.6 Å². The van der Waals surface area contributed by atoms with Crippen LogP contribution < -0.4 is 5.32 Å². The highest BCUT2D eigenvalue weighted by Gasteiger charge is 2.17. The number of carbonyl (C=O) groups is 1. The van der Waals surface area contributed by atoms with Gasteiger partial charge in [-0.25, -0.2) is 0 Å². The van der Waals surface area contributed by atoms with Crippen molar-refractivity contribution in [1.29, 1.82) is 0 Å². The molecule has 0 fully saturated rings. The number of nitrogens with zero attached hydrogens (tertiary/aromatic N) is 1. The second-order valence-electron chi connectivity index (χ2n) is 6.07. The van der Waals surface area contributed by atoms with Gasteiger partial charge in [-0.3, -0.25) is 9.89 Å². The second-order valence-corrected chi connectivity index (χ2v) is 7.12. The van der Waals surface area contributed by atoms with Crippen LogP contribution in [0.4, 0.5) is 5.82 Å². The van der Waals surface area contributed by atoms with Crippen LogP contribution in [0.1, 0.15) is 32.0 Å². The fourth-order valence-corrected chi connectivity index (χ4v) is 2.43. The molecule has 112 valence electrons. The molecule has 0 aliphatic carbocycles. The third-order valence-electron chi connectivity index (χ3n) is 3.04. The average molecular weight is 303 g/mol. The van der Waals surface area contributed by atoms with Crippen LogP contribution in [0.25, 0.3) is 0 Å². The van der Waals surface area contributed by atoms with Gasteiger partial charge >= 0.3 is 0 Å². The summed E-state index contributed by atoms with van der Waals surface area (Å²) in [5.74, 6) is 0.905. The van der Waals surface area contributed by atoms with Crippen LogP contribution in [0.2, 0.25) is 0 Å². The zero-order valence-corrected chi connectivity index (χ0v) is 13.7. The quantitative estimate of drug-likeness (QED) is 0.846. The van der Waals surface area contributed by atoms with Crippen molar-refractivity contribution in [2.75, 3.05) is 11.1 Å². The van der Waals surface area contributed by atoms with E-state index < -0.39 is 0 Å². The van der Waals surface area contributed by atoms with E-state index >= 15 is 0 Å². The summed E-state index contributed by atoms with van der Waals surface area (Å²) in [5.41, 5.74) is 2.21. The van der Waals surface area contributed by atoms with E-state index in [-0.39, 0.29) is 11.3 Å². The molecule has 0 radical (unpaired) electrons. The summed E-state index contributed by atoms with van der Waals surface area (Å²) in [7, 11) is 0. The van der Waals surface area contributed by atoms with Gasteiger partial charge in [0.05, 0.1) is 5.75 Å². The van der Waals surface area contributed by atoms with Gasteiger partial charge in [-0.15, -0.1) is 11.8 Å². The third-order valence-corrected chi connectivity index (χ3v) is 4.06. The molecule has 0 unspecified atom stereocenters. The van der Waals surface area contributed by atoms with Crippen molar-refractivity contribution in [3.63, 3.8) is 0 Å². The Morgan fingerprint density at radius 2 is 1.95 bits per heavy atom. The molecule has 0 saturated carbocycles. The SMILES string of the molecule is Cc1ccc(SCC(=O)Nc2cc(C(C)(C)C)[nH]n2)cc1. The Hall–Kier alpha value is -1.75. The standard InChI is InChI=1S/C16H21N3OS/c1-11-5-7-12(8-6-11)21-10-15(20)17-14-9-13(18-19-14)16(2,3)4/h5-9H,10H2,1-4H3,(H2,17,18,19,20). The van der Waals surface area contributed by atoms with E-state index in [4.69, 9.17) is 0 Å². The van der Waals surface area contributed by atoms with Crippen LogP contribution in [-0.4, -0.2) is 21.9 Å². The number of aromatic nitrogens is 2. The number of aromatic amines is 1. The van der Waals surface area contributed by atoms with E-state index in [0.717, 1.165) is 10.6 Å². The van der Waals surface area contributed by atoms with Gasteiger partial charge in [-0.1, -0.05) is 38.5 Å². The minimum absolute atomic E-state index is 0.00732. The van der Waals surface area contributed by atoms with E-state index in [1.54, 1.807) is 0 Å². The molecule has 0 aliphatic rings.